The molecule has 0 aliphatic rings. The summed E-state index contributed by atoms with van der Waals surface area (Å²) in [5.41, 5.74) is 0.0895. The number of rotatable bonds is 4. The first kappa shape index (κ1) is 14.3. The van der Waals surface area contributed by atoms with Gasteiger partial charge in [0.05, 0.1) is 0 Å². The molecule has 0 fully saturated rings. The summed E-state index contributed by atoms with van der Waals surface area (Å²) in [6, 6.07) is 7.00. The maximum absolute atomic E-state index is 11.6. The second kappa shape index (κ2) is 6.26. The zero-order valence-electron chi connectivity index (χ0n) is 11.1. The molecule has 1 rings (SSSR count). The van der Waals surface area contributed by atoms with E-state index in [9.17, 15) is 4.79 Å². The molecule has 0 unspecified atom stereocenters. The minimum absolute atomic E-state index is 0.163. The van der Waals surface area contributed by atoms with Crippen LogP contribution >= 0.6 is 0 Å². The lowest BCUT2D eigenvalue weighted by atomic mass is 10.2. The third-order valence-electron chi connectivity index (χ3n) is 1.82. The molecule has 0 heterocycles. The van der Waals surface area contributed by atoms with Crippen molar-refractivity contribution in [2.45, 2.75) is 26.4 Å². The quantitative estimate of drug-likeness (QED) is 0.838. The number of benzene rings is 1. The normalized spacial score (nSPS) is 10.9. The fraction of sp³-hybridized carbons (Fsp3) is 0.462. The largest absolute Gasteiger partial charge is 0.467 e. The lowest BCUT2D eigenvalue weighted by Crippen LogP contribution is -2.27. The average Bonchev–Trinajstić information content (AvgIpc) is 2.24. The lowest BCUT2D eigenvalue weighted by Gasteiger charge is -2.19. The Bertz CT molecular complexity index is 398. The van der Waals surface area contributed by atoms with E-state index >= 15 is 0 Å². The first-order valence-electron chi connectivity index (χ1n) is 5.62. The van der Waals surface area contributed by atoms with Crippen LogP contribution in [0.25, 0.3) is 0 Å². The molecule has 1 aromatic rings. The highest BCUT2D eigenvalue weighted by Gasteiger charge is 2.16. The number of ether oxygens (including phenoxy) is 3. The van der Waals surface area contributed by atoms with Gasteiger partial charge in [0.15, 0.2) is 6.79 Å². The third-order valence-corrected chi connectivity index (χ3v) is 1.82. The number of nitrogens with one attached hydrogen (secondary N) is 1. The molecule has 5 heteroatoms. The standard InChI is InChI=1S/C13H19NO4/c1-13(2,3)18-12(15)14-10-6-5-7-11(8-10)17-9-16-4/h5-8H,9H2,1-4H3,(H,14,15). The Balaban J connectivity index is 2.59. The Morgan fingerprint density at radius 3 is 2.67 bits per heavy atom. The van der Waals surface area contributed by atoms with E-state index in [0.717, 1.165) is 0 Å². The fourth-order valence-corrected chi connectivity index (χ4v) is 1.21. The number of carbonyl (C=O) groups excluding carboxylic acids is 1. The second-order valence-electron chi connectivity index (χ2n) is 4.71. The van der Waals surface area contributed by atoms with Crippen LogP contribution in [0.15, 0.2) is 24.3 Å². The van der Waals surface area contributed by atoms with Crippen LogP contribution in [-0.4, -0.2) is 25.6 Å². The molecule has 100 valence electrons. The molecule has 1 aromatic carbocycles. The summed E-state index contributed by atoms with van der Waals surface area (Å²) in [7, 11) is 1.54. The molecule has 0 radical (unpaired) electrons. The molecule has 0 saturated carbocycles. The lowest BCUT2D eigenvalue weighted by molar-refractivity contribution is 0.0512. The van der Waals surface area contributed by atoms with E-state index in [1.54, 1.807) is 31.4 Å². The van der Waals surface area contributed by atoms with E-state index in [1.807, 2.05) is 20.8 Å². The summed E-state index contributed by atoms with van der Waals surface area (Å²) in [6.07, 6.45) is -0.494. The molecule has 1 N–H and O–H groups in total. The van der Waals surface area contributed by atoms with Crippen molar-refractivity contribution < 1.29 is 19.0 Å². The molecule has 5 nitrogen and oxygen atoms in total. The van der Waals surface area contributed by atoms with Crippen molar-refractivity contribution in [3.63, 3.8) is 0 Å². The molecule has 18 heavy (non-hydrogen) atoms. The van der Waals surface area contributed by atoms with Crippen LogP contribution in [0, 0.1) is 0 Å². The summed E-state index contributed by atoms with van der Waals surface area (Å²) in [5, 5.41) is 2.63. The van der Waals surface area contributed by atoms with Gasteiger partial charge in [0, 0.05) is 18.9 Å². The van der Waals surface area contributed by atoms with Gasteiger partial charge < -0.3 is 14.2 Å². The second-order valence-corrected chi connectivity index (χ2v) is 4.71. The topological polar surface area (TPSA) is 56.8 Å². The van der Waals surface area contributed by atoms with E-state index < -0.39 is 11.7 Å². The fourth-order valence-electron chi connectivity index (χ4n) is 1.21. The zero-order valence-corrected chi connectivity index (χ0v) is 11.1. The van der Waals surface area contributed by atoms with E-state index in [-0.39, 0.29) is 6.79 Å². The Morgan fingerprint density at radius 2 is 2.06 bits per heavy atom. The molecule has 0 saturated heterocycles. The predicted molar refractivity (Wildman–Crippen MR) is 68.8 cm³/mol. The molecule has 0 aliphatic heterocycles. The molecule has 0 atom stereocenters. The number of anilines is 1. The summed E-state index contributed by atoms with van der Waals surface area (Å²) in [4.78, 5) is 11.6. The van der Waals surface area contributed by atoms with Crippen LogP contribution in [-0.2, 0) is 9.47 Å². The Kier molecular flexibility index (Phi) is 4.97. The minimum atomic E-state index is -0.520. The van der Waals surface area contributed by atoms with Crippen LogP contribution in [0.5, 0.6) is 5.75 Å². The van der Waals surface area contributed by atoms with Gasteiger partial charge >= 0.3 is 6.09 Å². The van der Waals surface area contributed by atoms with Crippen molar-refractivity contribution in [1.82, 2.24) is 0 Å². The van der Waals surface area contributed by atoms with Gasteiger partial charge in [-0.1, -0.05) is 6.07 Å². The van der Waals surface area contributed by atoms with Crippen LogP contribution in [0.1, 0.15) is 20.8 Å². The van der Waals surface area contributed by atoms with Gasteiger partial charge in [0.2, 0.25) is 0 Å². The molecular weight excluding hydrogens is 234 g/mol. The van der Waals surface area contributed by atoms with Crippen molar-refractivity contribution in [1.29, 1.82) is 0 Å². The maximum atomic E-state index is 11.6. The van der Waals surface area contributed by atoms with Gasteiger partial charge in [-0.25, -0.2) is 4.79 Å². The monoisotopic (exact) mass is 253 g/mol. The molecule has 0 aromatic heterocycles. The number of methoxy groups -OCH3 is 1. The number of amides is 1. The number of carbonyl (C=O) groups is 1. The van der Waals surface area contributed by atoms with Gasteiger partial charge in [-0.05, 0) is 32.9 Å². The summed E-state index contributed by atoms with van der Waals surface area (Å²) in [6.45, 7) is 5.59. The maximum Gasteiger partial charge on any atom is 0.412 e. The Hall–Kier alpha value is -1.75. The average molecular weight is 253 g/mol. The highest BCUT2D eigenvalue weighted by Crippen LogP contribution is 2.18. The van der Waals surface area contributed by atoms with Gasteiger partial charge in [0.1, 0.15) is 11.4 Å². The number of hydrogen-bond acceptors (Lipinski definition) is 4. The van der Waals surface area contributed by atoms with Crippen LogP contribution in [0.4, 0.5) is 10.5 Å². The van der Waals surface area contributed by atoms with Crippen LogP contribution in [0.3, 0.4) is 0 Å². The smallest absolute Gasteiger partial charge is 0.412 e. The summed E-state index contributed by atoms with van der Waals surface area (Å²) in [5.74, 6) is 0.616. The van der Waals surface area contributed by atoms with Crippen molar-refractivity contribution >= 4 is 11.8 Å². The zero-order chi connectivity index (χ0) is 13.6. The van der Waals surface area contributed by atoms with E-state index in [2.05, 4.69) is 5.32 Å². The van der Waals surface area contributed by atoms with Gasteiger partial charge in [-0.15, -0.1) is 0 Å². The van der Waals surface area contributed by atoms with Gasteiger partial charge in [0.25, 0.3) is 0 Å². The van der Waals surface area contributed by atoms with E-state index in [1.165, 1.54) is 0 Å². The van der Waals surface area contributed by atoms with Gasteiger partial charge in [-0.3, -0.25) is 5.32 Å². The SMILES string of the molecule is COCOc1cccc(NC(=O)OC(C)(C)C)c1. The van der Waals surface area contributed by atoms with Crippen LogP contribution in [0.2, 0.25) is 0 Å². The van der Waals surface area contributed by atoms with Gasteiger partial charge in [-0.2, -0.15) is 0 Å². The molecular formula is C13H19NO4. The highest BCUT2D eigenvalue weighted by molar-refractivity contribution is 5.85. The highest BCUT2D eigenvalue weighted by atomic mass is 16.7. The first-order valence-corrected chi connectivity index (χ1v) is 5.62. The molecule has 0 spiro atoms. The summed E-state index contributed by atoms with van der Waals surface area (Å²) < 4.78 is 15.2. The Morgan fingerprint density at radius 1 is 1.33 bits per heavy atom. The third kappa shape index (κ3) is 5.54. The van der Waals surface area contributed by atoms with E-state index in [0.29, 0.717) is 11.4 Å². The molecule has 1 amide bonds. The van der Waals surface area contributed by atoms with Crippen molar-refractivity contribution in [2.24, 2.45) is 0 Å². The van der Waals surface area contributed by atoms with Crippen molar-refractivity contribution in [2.75, 3.05) is 19.2 Å². The molecule has 0 aliphatic carbocycles. The van der Waals surface area contributed by atoms with Crippen molar-refractivity contribution in [3.05, 3.63) is 24.3 Å². The Labute approximate surface area is 107 Å². The minimum Gasteiger partial charge on any atom is -0.467 e. The molecule has 0 bridgehead atoms. The van der Waals surface area contributed by atoms with Crippen LogP contribution < -0.4 is 10.1 Å². The summed E-state index contributed by atoms with van der Waals surface area (Å²) >= 11 is 0. The van der Waals surface area contributed by atoms with Crippen molar-refractivity contribution in [3.8, 4) is 5.75 Å². The van der Waals surface area contributed by atoms with E-state index in [4.69, 9.17) is 14.2 Å². The first-order chi connectivity index (χ1) is 8.40. The predicted octanol–water partition coefficient (Wildman–Crippen LogP) is 3.02. The number of hydrogen-bond donors (Lipinski definition) is 1.